The normalized spacial score (nSPS) is 18.8. The van der Waals surface area contributed by atoms with Crippen LogP contribution in [0.5, 0.6) is 0 Å². The zero-order valence-electron chi connectivity index (χ0n) is 43.1. The predicted molar refractivity (Wildman–Crippen MR) is 286 cm³/mol. The van der Waals surface area contributed by atoms with Crippen LogP contribution in [0.2, 0.25) is 0 Å². The first-order chi connectivity index (χ1) is 38.3. The van der Waals surface area contributed by atoms with Gasteiger partial charge in [0.1, 0.15) is 37.4 Å². The number of carbonyl (C=O) groups is 10. The van der Waals surface area contributed by atoms with Crippen molar-refractivity contribution in [3.8, 4) is 22.3 Å². The van der Waals surface area contributed by atoms with Gasteiger partial charge < -0.3 is 63.9 Å². The van der Waals surface area contributed by atoms with E-state index < -0.39 is 135 Å². The summed E-state index contributed by atoms with van der Waals surface area (Å²) in [5.41, 5.74) is 28.4. The Bertz CT molecular complexity index is 2830. The average molecular weight is 1100 g/mol. The molecule has 80 heavy (non-hydrogen) atoms. The average Bonchev–Trinajstić information content (AvgIpc) is 4.01. The van der Waals surface area contributed by atoms with Crippen molar-refractivity contribution in [3.05, 3.63) is 119 Å². The molecule has 1 fully saturated rings. The van der Waals surface area contributed by atoms with Gasteiger partial charge in [-0.3, -0.25) is 48.3 Å². The smallest absolute Gasteiger partial charge is 0.417 e. The standard InChI is InChI=1S/C54H60N12O14/c55-51(56)59-21-9-19-39-48(74)62-26-44(68)66(54(78)80-28-38-35-17-7-3-13-31(35)32-14-4-8-18-36(32)38)42(24-46(71)72)50(76)64-40(20-10-22-60-52(57)58)47(73)61-25-43(67)65(41(23-45(69)70)49(75)63-39)53(77)79-27-37-33-15-5-1-11-29(33)30-12-2-6-16-34(30)37/h1-8,11-18,37-42H,9-10,19-28H2,(H,61,73)(H,62,74)(H,63,75)(H,64,76)(H,69,70)(H,71,72)(H4,55,56,59)(H4,57,58,60)/t39-,40-,41-,42-/m0/s1. The second-order valence-corrected chi connectivity index (χ2v) is 18.8. The highest BCUT2D eigenvalue weighted by molar-refractivity contribution is 6.04. The molecule has 1 saturated heterocycles. The van der Waals surface area contributed by atoms with E-state index >= 15 is 0 Å². The molecule has 7 rings (SSSR count). The Hall–Kier alpha value is -9.88. The maximum atomic E-state index is 14.5. The molecule has 420 valence electrons. The number of guanidine groups is 2. The number of fused-ring (bicyclic) bond motifs is 6. The Balaban J connectivity index is 1.24. The second-order valence-electron chi connectivity index (χ2n) is 18.8. The Labute approximate surface area is 457 Å². The molecule has 0 aromatic heterocycles. The molecule has 4 aromatic rings. The van der Waals surface area contributed by atoms with Gasteiger partial charge in [-0.25, -0.2) is 19.4 Å². The van der Waals surface area contributed by atoms with E-state index in [4.69, 9.17) is 32.4 Å². The number of carboxylic acid groups (broad SMARTS) is 2. The van der Waals surface area contributed by atoms with Gasteiger partial charge in [0.2, 0.25) is 23.6 Å². The third-order valence-electron chi connectivity index (χ3n) is 13.6. The summed E-state index contributed by atoms with van der Waals surface area (Å²) in [6.45, 7) is -3.44. The lowest BCUT2D eigenvalue weighted by Crippen LogP contribution is -2.61. The van der Waals surface area contributed by atoms with Crippen LogP contribution in [0.3, 0.4) is 0 Å². The van der Waals surface area contributed by atoms with Crippen LogP contribution in [0.25, 0.3) is 22.3 Å². The maximum absolute atomic E-state index is 14.5. The van der Waals surface area contributed by atoms with Crippen LogP contribution >= 0.6 is 0 Å². The Kier molecular flexibility index (Phi) is 19.1. The van der Waals surface area contributed by atoms with Gasteiger partial charge in [-0.1, -0.05) is 97.1 Å². The van der Waals surface area contributed by atoms with Crippen LogP contribution in [0.15, 0.2) is 107 Å². The van der Waals surface area contributed by atoms with Gasteiger partial charge in [-0.05, 0) is 70.2 Å². The maximum Gasteiger partial charge on any atom is 0.417 e. The largest absolute Gasteiger partial charge is 0.481 e. The van der Waals surface area contributed by atoms with E-state index in [9.17, 15) is 58.2 Å². The Morgan fingerprint density at radius 3 is 1.11 bits per heavy atom. The van der Waals surface area contributed by atoms with Crippen molar-refractivity contribution in [2.24, 2.45) is 32.9 Å². The number of hydrogen-bond donors (Lipinski definition) is 10. The highest BCUT2D eigenvalue weighted by atomic mass is 16.6. The molecule has 0 bridgehead atoms. The third kappa shape index (κ3) is 14.0. The Morgan fingerprint density at radius 2 is 0.812 bits per heavy atom. The Morgan fingerprint density at radius 1 is 0.500 bits per heavy atom. The van der Waals surface area contributed by atoms with Crippen LogP contribution in [0.4, 0.5) is 9.59 Å². The molecular formula is C54H60N12O14. The lowest BCUT2D eigenvalue weighted by atomic mass is 9.98. The van der Waals surface area contributed by atoms with Crippen LogP contribution in [-0.4, -0.2) is 155 Å². The van der Waals surface area contributed by atoms with Crippen molar-refractivity contribution in [1.29, 1.82) is 0 Å². The number of nitrogens with zero attached hydrogens (tertiary/aromatic N) is 4. The minimum atomic E-state index is -2.28. The highest BCUT2D eigenvalue weighted by Gasteiger charge is 2.43. The summed E-state index contributed by atoms with van der Waals surface area (Å²) in [6.07, 6.45) is -6.38. The molecule has 4 atom stereocenters. The minimum absolute atomic E-state index is 0.0608. The fraction of sp³-hybridized carbons (Fsp3) is 0.333. The summed E-state index contributed by atoms with van der Waals surface area (Å²) in [4.78, 5) is 149. The molecule has 1 heterocycles. The van der Waals surface area contributed by atoms with Gasteiger partial charge in [0.25, 0.3) is 11.8 Å². The molecule has 0 spiro atoms. The third-order valence-corrected chi connectivity index (χ3v) is 13.6. The summed E-state index contributed by atoms with van der Waals surface area (Å²) < 4.78 is 11.5. The first-order valence-corrected chi connectivity index (χ1v) is 25.4. The molecule has 2 aliphatic carbocycles. The van der Waals surface area contributed by atoms with E-state index in [1.165, 1.54) is 0 Å². The number of aliphatic imine (C=N–C) groups is 2. The molecular weight excluding hydrogens is 1040 g/mol. The van der Waals surface area contributed by atoms with E-state index in [2.05, 4.69) is 31.3 Å². The number of benzene rings is 4. The molecule has 0 unspecified atom stereocenters. The predicted octanol–water partition coefficient (Wildman–Crippen LogP) is 0.551. The number of imide groups is 2. The molecule has 1 aliphatic heterocycles. The van der Waals surface area contributed by atoms with Crippen molar-refractivity contribution in [2.75, 3.05) is 39.4 Å². The van der Waals surface area contributed by atoms with Crippen LogP contribution in [0, 0.1) is 0 Å². The number of amides is 8. The van der Waals surface area contributed by atoms with E-state index in [1.54, 1.807) is 24.3 Å². The number of carbonyl (C=O) groups excluding carboxylic acids is 8. The zero-order chi connectivity index (χ0) is 57.6. The molecule has 3 aliphatic rings. The number of nitrogens with one attached hydrogen (secondary N) is 4. The summed E-state index contributed by atoms with van der Waals surface area (Å²) in [6, 6.07) is 21.1. The number of rotatable bonds is 16. The van der Waals surface area contributed by atoms with E-state index in [0.717, 1.165) is 44.5 Å². The molecule has 0 saturated carbocycles. The number of nitrogens with two attached hydrogens (primary N) is 4. The second kappa shape index (κ2) is 26.4. The molecule has 4 aromatic carbocycles. The fourth-order valence-corrected chi connectivity index (χ4v) is 9.89. The van der Waals surface area contributed by atoms with Crippen LogP contribution < -0.4 is 44.2 Å². The fourth-order valence-electron chi connectivity index (χ4n) is 9.89. The molecule has 0 radical (unpaired) electrons. The SMILES string of the molecule is NC(N)=NCCC[C@@H]1NC(=O)[C@H](CC(=O)O)N(C(=O)OCC2c3ccccc3-c3ccccc32)C(=O)CNC(=O)[C@H](CCCN=C(N)N)NC(=O)[C@H](CC(=O)O)N(C(=O)OCC2c3ccccc3-c3ccccc32)C(=O)CNC1=O. The van der Waals surface area contributed by atoms with Crippen molar-refractivity contribution in [2.45, 2.75) is 74.5 Å². The lowest BCUT2D eigenvalue weighted by Gasteiger charge is -2.31. The number of carboxylic acids is 2. The highest BCUT2D eigenvalue weighted by Crippen LogP contribution is 2.46. The lowest BCUT2D eigenvalue weighted by molar-refractivity contribution is -0.147. The van der Waals surface area contributed by atoms with Crippen molar-refractivity contribution < 1.29 is 67.6 Å². The zero-order valence-corrected chi connectivity index (χ0v) is 43.1. The van der Waals surface area contributed by atoms with Crippen LogP contribution in [0.1, 0.15) is 72.6 Å². The van der Waals surface area contributed by atoms with Gasteiger partial charge in [0.15, 0.2) is 11.9 Å². The van der Waals surface area contributed by atoms with Crippen LogP contribution in [-0.2, 0) is 47.8 Å². The minimum Gasteiger partial charge on any atom is -0.481 e. The number of ether oxygens (including phenoxy) is 2. The van der Waals surface area contributed by atoms with E-state index in [1.807, 2.05) is 72.8 Å². The van der Waals surface area contributed by atoms with Gasteiger partial charge in [0, 0.05) is 24.9 Å². The summed E-state index contributed by atoms with van der Waals surface area (Å²) >= 11 is 0. The monoisotopic (exact) mass is 1100 g/mol. The van der Waals surface area contributed by atoms with Gasteiger partial charge in [-0.2, -0.15) is 0 Å². The number of aliphatic carboxylic acids is 2. The first-order valence-electron chi connectivity index (χ1n) is 25.4. The first kappa shape index (κ1) is 57.8. The quantitative estimate of drug-likeness (QED) is 0.0416. The summed E-state index contributed by atoms with van der Waals surface area (Å²) in [7, 11) is 0. The van der Waals surface area contributed by atoms with E-state index in [0.29, 0.717) is 0 Å². The molecule has 26 nitrogen and oxygen atoms in total. The van der Waals surface area contributed by atoms with Gasteiger partial charge in [-0.15, -0.1) is 0 Å². The number of hydrogen-bond acceptors (Lipinski definition) is 14. The van der Waals surface area contributed by atoms with Crippen molar-refractivity contribution in [1.82, 2.24) is 31.1 Å². The van der Waals surface area contributed by atoms with E-state index in [-0.39, 0.29) is 60.5 Å². The van der Waals surface area contributed by atoms with Crippen molar-refractivity contribution >= 4 is 71.5 Å². The topological polar surface area (TPSA) is 413 Å². The molecule has 8 amide bonds. The van der Waals surface area contributed by atoms with Crippen molar-refractivity contribution in [3.63, 3.8) is 0 Å². The summed E-state index contributed by atoms with van der Waals surface area (Å²) in [5.74, 6) is -13.1. The molecule has 14 N–H and O–H groups in total. The van der Waals surface area contributed by atoms with Gasteiger partial charge >= 0.3 is 24.1 Å². The molecule has 26 heteroatoms. The van der Waals surface area contributed by atoms with Gasteiger partial charge in [0.05, 0.1) is 25.9 Å². The summed E-state index contributed by atoms with van der Waals surface area (Å²) in [5, 5.41) is 29.6.